The summed E-state index contributed by atoms with van der Waals surface area (Å²) in [6.07, 6.45) is 1.97. The van der Waals surface area contributed by atoms with Crippen LogP contribution < -0.4 is 5.73 Å². The van der Waals surface area contributed by atoms with E-state index in [2.05, 4.69) is 0 Å². The van der Waals surface area contributed by atoms with Gasteiger partial charge in [0, 0.05) is 16.1 Å². The van der Waals surface area contributed by atoms with Crippen LogP contribution in [-0.2, 0) is 0 Å². The van der Waals surface area contributed by atoms with Gasteiger partial charge in [0.05, 0.1) is 0 Å². The number of hydrogen-bond acceptors (Lipinski definition) is 1. The highest BCUT2D eigenvalue weighted by atomic mass is 35.5. The summed E-state index contributed by atoms with van der Waals surface area (Å²) in [5.41, 5.74) is 8.01. The van der Waals surface area contributed by atoms with Gasteiger partial charge in [-0.1, -0.05) is 40.9 Å². The largest absolute Gasteiger partial charge is 0.321 e. The van der Waals surface area contributed by atoms with Crippen LogP contribution in [0.4, 0.5) is 0 Å². The molecule has 0 saturated heterocycles. The molecule has 1 aromatic carbocycles. The molecule has 0 aliphatic carbocycles. The fraction of sp³-hybridized carbons (Fsp3) is 0.273. The van der Waals surface area contributed by atoms with Gasteiger partial charge in [0.2, 0.25) is 0 Å². The smallest absolute Gasteiger partial charge is 0.0498 e. The predicted octanol–water partition coefficient (Wildman–Crippen LogP) is 3.96. The van der Waals surface area contributed by atoms with Gasteiger partial charge in [0.1, 0.15) is 0 Å². The molecular formula is C11H13Cl2N. The van der Waals surface area contributed by atoms with E-state index in [9.17, 15) is 0 Å². The summed E-state index contributed by atoms with van der Waals surface area (Å²) >= 11 is 11.8. The maximum absolute atomic E-state index is 6.01. The summed E-state index contributed by atoms with van der Waals surface area (Å²) in [6, 6.07) is 5.19. The molecule has 3 heteroatoms. The first-order chi connectivity index (χ1) is 6.50. The monoisotopic (exact) mass is 229 g/mol. The first-order valence-electron chi connectivity index (χ1n) is 4.36. The van der Waals surface area contributed by atoms with Crippen molar-refractivity contribution in [1.82, 2.24) is 0 Å². The minimum atomic E-state index is -0.162. The fourth-order valence-electron chi connectivity index (χ4n) is 1.22. The van der Waals surface area contributed by atoms with Crippen molar-refractivity contribution >= 4 is 23.2 Å². The molecule has 0 spiro atoms. The minimum Gasteiger partial charge on any atom is -0.321 e. The van der Waals surface area contributed by atoms with Crippen molar-refractivity contribution in [1.29, 1.82) is 0 Å². The van der Waals surface area contributed by atoms with Crippen molar-refractivity contribution in [3.63, 3.8) is 0 Å². The quantitative estimate of drug-likeness (QED) is 0.764. The van der Waals surface area contributed by atoms with Crippen LogP contribution >= 0.6 is 23.2 Å². The summed E-state index contributed by atoms with van der Waals surface area (Å²) < 4.78 is 0. The van der Waals surface area contributed by atoms with Gasteiger partial charge in [0.15, 0.2) is 0 Å². The van der Waals surface area contributed by atoms with E-state index in [0.29, 0.717) is 10.0 Å². The Kier molecular flexibility index (Phi) is 3.99. The molecule has 0 saturated carbocycles. The Labute approximate surface area is 94.5 Å². The van der Waals surface area contributed by atoms with E-state index in [1.807, 2.05) is 26.0 Å². The summed E-state index contributed by atoms with van der Waals surface area (Å²) in [5.74, 6) is 0. The average molecular weight is 230 g/mol. The van der Waals surface area contributed by atoms with Crippen molar-refractivity contribution in [3.8, 4) is 0 Å². The number of hydrogen-bond donors (Lipinski definition) is 1. The van der Waals surface area contributed by atoms with Crippen LogP contribution in [0.2, 0.25) is 10.0 Å². The molecule has 1 nitrogen and oxygen atoms in total. The summed E-state index contributed by atoms with van der Waals surface area (Å²) in [6.45, 7) is 4.01. The van der Waals surface area contributed by atoms with Gasteiger partial charge in [-0.25, -0.2) is 0 Å². The highest BCUT2D eigenvalue weighted by Gasteiger charge is 2.07. The summed E-state index contributed by atoms with van der Waals surface area (Å²) in [5, 5.41) is 1.24. The number of halogens is 2. The summed E-state index contributed by atoms with van der Waals surface area (Å²) in [7, 11) is 0. The van der Waals surface area contributed by atoms with Crippen LogP contribution in [0.25, 0.3) is 0 Å². The van der Waals surface area contributed by atoms with Crippen LogP contribution in [0.3, 0.4) is 0 Å². The Morgan fingerprint density at radius 1 is 1.36 bits per heavy atom. The Bertz CT molecular complexity index is 354. The second-order valence-corrected chi connectivity index (χ2v) is 4.28. The van der Waals surface area contributed by atoms with Crippen LogP contribution in [0, 0.1) is 0 Å². The van der Waals surface area contributed by atoms with E-state index in [1.54, 1.807) is 12.1 Å². The lowest BCUT2D eigenvalue weighted by Gasteiger charge is -2.10. The maximum Gasteiger partial charge on any atom is 0.0498 e. The van der Waals surface area contributed by atoms with Crippen LogP contribution in [0.15, 0.2) is 29.8 Å². The Morgan fingerprint density at radius 3 is 2.50 bits per heavy atom. The highest BCUT2D eigenvalue weighted by molar-refractivity contribution is 6.35. The zero-order valence-corrected chi connectivity index (χ0v) is 9.73. The molecule has 0 aliphatic rings. The normalized spacial score (nSPS) is 12.4. The molecule has 2 N–H and O–H groups in total. The fourth-order valence-corrected chi connectivity index (χ4v) is 1.76. The number of rotatable bonds is 2. The lowest BCUT2D eigenvalue weighted by molar-refractivity contribution is 0.900. The van der Waals surface area contributed by atoms with Crippen molar-refractivity contribution in [2.24, 2.45) is 5.73 Å². The molecule has 0 aliphatic heterocycles. The number of allylic oxidation sites excluding steroid dienone is 1. The third-order valence-electron chi connectivity index (χ3n) is 1.83. The zero-order valence-electron chi connectivity index (χ0n) is 8.22. The summed E-state index contributed by atoms with van der Waals surface area (Å²) in [4.78, 5) is 0. The van der Waals surface area contributed by atoms with Crippen molar-refractivity contribution in [2.75, 3.05) is 0 Å². The predicted molar refractivity (Wildman–Crippen MR) is 62.8 cm³/mol. The lowest BCUT2D eigenvalue weighted by Crippen LogP contribution is -2.07. The molecule has 0 amide bonds. The standard InChI is InChI=1S/C11H13Cl2N/c1-7(2)5-11(14)9-4-3-8(12)6-10(9)13/h3-6,11H,14H2,1-2H3. The molecule has 0 radical (unpaired) electrons. The van der Waals surface area contributed by atoms with Crippen molar-refractivity contribution < 1.29 is 0 Å². The molecule has 1 unspecified atom stereocenters. The topological polar surface area (TPSA) is 26.0 Å². The van der Waals surface area contributed by atoms with Gasteiger partial charge in [-0.2, -0.15) is 0 Å². The van der Waals surface area contributed by atoms with Gasteiger partial charge in [0.25, 0.3) is 0 Å². The third-order valence-corrected chi connectivity index (χ3v) is 2.40. The molecule has 1 aromatic rings. The highest BCUT2D eigenvalue weighted by Crippen LogP contribution is 2.26. The molecule has 0 heterocycles. The maximum atomic E-state index is 6.01. The Morgan fingerprint density at radius 2 is 2.00 bits per heavy atom. The third kappa shape index (κ3) is 3.02. The molecule has 14 heavy (non-hydrogen) atoms. The zero-order chi connectivity index (χ0) is 10.7. The van der Waals surface area contributed by atoms with Gasteiger partial charge >= 0.3 is 0 Å². The Balaban J connectivity index is 3.02. The lowest BCUT2D eigenvalue weighted by atomic mass is 10.1. The Hall–Kier alpha value is -0.500. The second-order valence-electron chi connectivity index (χ2n) is 3.44. The first kappa shape index (κ1) is 11.6. The van der Waals surface area contributed by atoms with Gasteiger partial charge in [-0.15, -0.1) is 0 Å². The number of benzene rings is 1. The van der Waals surface area contributed by atoms with Crippen LogP contribution in [0.5, 0.6) is 0 Å². The minimum absolute atomic E-state index is 0.162. The van der Waals surface area contributed by atoms with Gasteiger partial charge in [-0.3, -0.25) is 0 Å². The van der Waals surface area contributed by atoms with E-state index >= 15 is 0 Å². The van der Waals surface area contributed by atoms with E-state index in [1.165, 1.54) is 5.57 Å². The molecule has 1 rings (SSSR count). The van der Waals surface area contributed by atoms with E-state index < -0.39 is 0 Å². The van der Waals surface area contributed by atoms with Crippen LogP contribution in [-0.4, -0.2) is 0 Å². The van der Waals surface area contributed by atoms with Gasteiger partial charge < -0.3 is 5.73 Å². The molecule has 0 bridgehead atoms. The molecule has 0 fully saturated rings. The SMILES string of the molecule is CC(C)=CC(N)c1ccc(Cl)cc1Cl. The molecule has 0 aromatic heterocycles. The first-order valence-corrected chi connectivity index (χ1v) is 5.12. The van der Waals surface area contributed by atoms with E-state index in [0.717, 1.165) is 5.56 Å². The van der Waals surface area contributed by atoms with E-state index in [-0.39, 0.29) is 6.04 Å². The average Bonchev–Trinajstić information content (AvgIpc) is 2.01. The van der Waals surface area contributed by atoms with E-state index in [4.69, 9.17) is 28.9 Å². The van der Waals surface area contributed by atoms with Gasteiger partial charge in [-0.05, 0) is 31.5 Å². The molecule has 1 atom stereocenters. The number of nitrogens with two attached hydrogens (primary N) is 1. The molecular weight excluding hydrogens is 217 g/mol. The van der Waals surface area contributed by atoms with Crippen LogP contribution in [0.1, 0.15) is 25.5 Å². The van der Waals surface area contributed by atoms with Crippen molar-refractivity contribution in [2.45, 2.75) is 19.9 Å². The molecule has 76 valence electrons. The second kappa shape index (κ2) is 4.83. The van der Waals surface area contributed by atoms with Crippen molar-refractivity contribution in [3.05, 3.63) is 45.5 Å².